The number of rotatable bonds is 6. The molecule has 2 heterocycles. The molecular weight excluding hydrogens is 352 g/mol. The maximum Gasteiger partial charge on any atom is 0.326 e. The zero-order valence-corrected chi connectivity index (χ0v) is 16.0. The van der Waals surface area contributed by atoms with Gasteiger partial charge in [-0.3, -0.25) is 14.5 Å². The Hall–Kier alpha value is -2.41. The van der Waals surface area contributed by atoms with E-state index in [-0.39, 0.29) is 19.1 Å². The van der Waals surface area contributed by atoms with Gasteiger partial charge in [-0.05, 0) is 44.9 Å². The van der Waals surface area contributed by atoms with Crippen LogP contribution in [0.25, 0.3) is 11.3 Å². The number of aryl methyl sites for hydroxylation is 1. The van der Waals surface area contributed by atoms with Gasteiger partial charge in [-0.25, -0.2) is 4.98 Å². The minimum atomic E-state index is -0.641. The van der Waals surface area contributed by atoms with Crippen LogP contribution >= 0.6 is 11.3 Å². The van der Waals surface area contributed by atoms with E-state index in [1.807, 2.05) is 23.6 Å². The molecule has 0 spiro atoms. The molecule has 0 bridgehead atoms. The normalized spacial score (nSPS) is 16.2. The first-order valence-electron chi connectivity index (χ1n) is 8.76. The van der Waals surface area contributed by atoms with Crippen LogP contribution in [0.4, 0.5) is 5.69 Å². The van der Waals surface area contributed by atoms with E-state index in [4.69, 9.17) is 9.47 Å². The maximum atomic E-state index is 12.5. The van der Waals surface area contributed by atoms with Gasteiger partial charge in [-0.1, -0.05) is 6.92 Å². The molecule has 7 heteroatoms. The number of hydrogen-bond acceptors (Lipinski definition) is 6. The molecule has 1 aliphatic rings. The second kappa shape index (κ2) is 7.86. The summed E-state index contributed by atoms with van der Waals surface area (Å²) in [4.78, 5) is 30.6. The molecule has 1 aromatic carbocycles. The van der Waals surface area contributed by atoms with E-state index in [0.717, 1.165) is 29.1 Å². The number of esters is 1. The molecular formula is C19H22N2O4S. The quantitative estimate of drug-likeness (QED) is 0.725. The van der Waals surface area contributed by atoms with Crippen molar-refractivity contribution in [1.29, 1.82) is 0 Å². The lowest BCUT2D eigenvalue weighted by atomic mass is 10.1. The van der Waals surface area contributed by atoms with Gasteiger partial charge in [0.1, 0.15) is 12.3 Å². The van der Waals surface area contributed by atoms with Gasteiger partial charge in [0.05, 0.1) is 23.0 Å². The van der Waals surface area contributed by atoms with Gasteiger partial charge in [0.25, 0.3) is 5.91 Å². The molecule has 6 nitrogen and oxygen atoms in total. The third-order valence-electron chi connectivity index (χ3n) is 4.07. The highest BCUT2D eigenvalue weighted by molar-refractivity contribution is 7.09. The number of fused-ring (bicyclic) bond motifs is 1. The molecule has 1 atom stereocenters. The predicted molar refractivity (Wildman–Crippen MR) is 101 cm³/mol. The van der Waals surface area contributed by atoms with Crippen molar-refractivity contribution < 1.29 is 19.1 Å². The summed E-state index contributed by atoms with van der Waals surface area (Å²) in [6, 6.07) is 5.60. The average Bonchev–Trinajstić information content (AvgIpc) is 3.08. The van der Waals surface area contributed by atoms with Gasteiger partial charge < -0.3 is 9.47 Å². The van der Waals surface area contributed by atoms with Gasteiger partial charge in [0, 0.05) is 10.9 Å². The number of ether oxygens (including phenoxy) is 2. The molecule has 0 N–H and O–H groups in total. The van der Waals surface area contributed by atoms with Crippen molar-refractivity contribution in [3.05, 3.63) is 28.6 Å². The van der Waals surface area contributed by atoms with Gasteiger partial charge in [-0.2, -0.15) is 0 Å². The highest BCUT2D eigenvalue weighted by Crippen LogP contribution is 2.37. The average molecular weight is 374 g/mol. The van der Waals surface area contributed by atoms with E-state index in [1.54, 1.807) is 25.2 Å². The van der Waals surface area contributed by atoms with Crippen molar-refractivity contribution in [2.75, 3.05) is 18.1 Å². The van der Waals surface area contributed by atoms with Crippen molar-refractivity contribution in [3.63, 3.8) is 0 Å². The molecule has 1 aromatic heterocycles. The summed E-state index contributed by atoms with van der Waals surface area (Å²) in [5, 5.41) is 3.10. The monoisotopic (exact) mass is 374 g/mol. The van der Waals surface area contributed by atoms with Crippen LogP contribution in [0.1, 0.15) is 32.2 Å². The first kappa shape index (κ1) is 18.4. The van der Waals surface area contributed by atoms with Crippen molar-refractivity contribution in [1.82, 2.24) is 4.98 Å². The summed E-state index contributed by atoms with van der Waals surface area (Å²) >= 11 is 1.63. The topological polar surface area (TPSA) is 68.7 Å². The summed E-state index contributed by atoms with van der Waals surface area (Å²) < 4.78 is 10.7. The second-order valence-corrected chi connectivity index (χ2v) is 6.99. The van der Waals surface area contributed by atoms with Crippen LogP contribution in [0.2, 0.25) is 0 Å². The molecule has 0 radical (unpaired) electrons. The van der Waals surface area contributed by atoms with Crippen LogP contribution in [0.5, 0.6) is 5.75 Å². The summed E-state index contributed by atoms with van der Waals surface area (Å²) in [5.41, 5.74) is 2.33. The Morgan fingerprint density at radius 3 is 2.92 bits per heavy atom. The number of benzene rings is 1. The van der Waals surface area contributed by atoms with Crippen LogP contribution < -0.4 is 9.64 Å². The minimum absolute atomic E-state index is 0.130. The highest BCUT2D eigenvalue weighted by atomic mass is 32.1. The zero-order valence-electron chi connectivity index (χ0n) is 15.2. The lowest BCUT2D eigenvalue weighted by Crippen LogP contribution is -2.47. The Labute approximate surface area is 156 Å². The molecule has 2 aromatic rings. The highest BCUT2D eigenvalue weighted by Gasteiger charge is 2.33. The van der Waals surface area contributed by atoms with Crippen LogP contribution in [0.15, 0.2) is 23.6 Å². The fourth-order valence-electron chi connectivity index (χ4n) is 2.84. The Kier molecular flexibility index (Phi) is 5.56. The summed E-state index contributed by atoms with van der Waals surface area (Å²) in [6.07, 6.45) is 1.35. The van der Waals surface area contributed by atoms with E-state index in [1.165, 1.54) is 4.90 Å². The molecule has 0 saturated carbocycles. The summed E-state index contributed by atoms with van der Waals surface area (Å²) in [5.74, 6) is -0.119. The number of nitrogens with zero attached hydrogens (tertiary/aromatic N) is 2. The number of carbonyl (C=O) groups excluding carboxylic acids is 2. The Morgan fingerprint density at radius 1 is 1.38 bits per heavy atom. The fraction of sp³-hybridized carbons (Fsp3) is 0.421. The van der Waals surface area contributed by atoms with Crippen LogP contribution in [0.3, 0.4) is 0 Å². The van der Waals surface area contributed by atoms with Crippen LogP contribution in [-0.2, 0) is 20.7 Å². The Balaban J connectivity index is 1.94. The van der Waals surface area contributed by atoms with Crippen molar-refractivity contribution in [3.8, 4) is 17.0 Å². The van der Waals surface area contributed by atoms with Crippen molar-refractivity contribution in [2.45, 2.75) is 39.7 Å². The standard InChI is InChI=1S/C19H22N2O4S/c1-4-6-17-20-14(11-26-17)13-7-8-16-15(9-13)21(10-18(22)24-5-2)19(23)12(3)25-16/h7-9,11-12H,4-6,10H2,1-3H3. The number of anilines is 1. The summed E-state index contributed by atoms with van der Waals surface area (Å²) in [6.45, 7) is 5.68. The van der Waals surface area contributed by atoms with E-state index in [0.29, 0.717) is 11.4 Å². The molecule has 0 fully saturated rings. The van der Waals surface area contributed by atoms with Crippen molar-refractivity contribution >= 4 is 28.9 Å². The molecule has 138 valence electrons. The third kappa shape index (κ3) is 3.72. The third-order valence-corrected chi connectivity index (χ3v) is 4.98. The van der Waals surface area contributed by atoms with E-state index in [2.05, 4.69) is 11.9 Å². The van der Waals surface area contributed by atoms with Gasteiger partial charge >= 0.3 is 5.97 Å². The lowest BCUT2D eigenvalue weighted by Gasteiger charge is -2.32. The second-order valence-electron chi connectivity index (χ2n) is 6.05. The number of carbonyl (C=O) groups is 2. The Morgan fingerprint density at radius 2 is 2.19 bits per heavy atom. The van der Waals surface area contributed by atoms with Gasteiger partial charge in [0.15, 0.2) is 6.10 Å². The van der Waals surface area contributed by atoms with E-state index in [9.17, 15) is 9.59 Å². The smallest absolute Gasteiger partial charge is 0.326 e. The zero-order chi connectivity index (χ0) is 18.7. The first-order valence-corrected chi connectivity index (χ1v) is 9.64. The van der Waals surface area contributed by atoms with E-state index >= 15 is 0 Å². The fourth-order valence-corrected chi connectivity index (χ4v) is 3.75. The SMILES string of the molecule is CCCc1nc(-c2ccc3c(c2)N(CC(=O)OCC)C(=O)C(C)O3)cs1. The molecule has 0 aliphatic carbocycles. The molecule has 1 unspecified atom stereocenters. The number of hydrogen-bond donors (Lipinski definition) is 0. The first-order chi connectivity index (χ1) is 12.5. The largest absolute Gasteiger partial charge is 0.479 e. The van der Waals surface area contributed by atoms with E-state index < -0.39 is 12.1 Å². The number of thiazole rings is 1. The lowest BCUT2D eigenvalue weighted by molar-refractivity contribution is -0.143. The van der Waals surface area contributed by atoms with Crippen LogP contribution in [-0.4, -0.2) is 36.1 Å². The summed E-state index contributed by atoms with van der Waals surface area (Å²) in [7, 11) is 0. The maximum absolute atomic E-state index is 12.5. The Bertz CT molecular complexity index is 818. The molecule has 1 aliphatic heterocycles. The van der Waals surface area contributed by atoms with Crippen molar-refractivity contribution in [2.24, 2.45) is 0 Å². The molecule has 0 saturated heterocycles. The minimum Gasteiger partial charge on any atom is -0.479 e. The number of amides is 1. The number of aromatic nitrogens is 1. The van der Waals surface area contributed by atoms with Gasteiger partial charge in [-0.15, -0.1) is 11.3 Å². The molecule has 1 amide bonds. The predicted octanol–water partition coefficient (Wildman–Crippen LogP) is 3.44. The molecule has 3 rings (SSSR count). The molecule has 26 heavy (non-hydrogen) atoms. The van der Waals surface area contributed by atoms with Crippen LogP contribution in [0, 0.1) is 0 Å². The van der Waals surface area contributed by atoms with Gasteiger partial charge in [0.2, 0.25) is 0 Å².